The summed E-state index contributed by atoms with van der Waals surface area (Å²) in [5.41, 5.74) is 6.60. The van der Waals surface area contributed by atoms with Crippen molar-refractivity contribution in [2.24, 2.45) is 5.73 Å². The van der Waals surface area contributed by atoms with Gasteiger partial charge >= 0.3 is 0 Å². The molecule has 0 spiro atoms. The maximum atomic E-state index is 12.1. The summed E-state index contributed by atoms with van der Waals surface area (Å²) in [5.74, 6) is -1.44. The number of carbonyl (C=O) groups excluding carboxylic acids is 3. The van der Waals surface area contributed by atoms with E-state index in [0.29, 0.717) is 31.5 Å². The van der Waals surface area contributed by atoms with Crippen LogP contribution in [0.4, 0.5) is 0 Å². The molecule has 1 saturated heterocycles. The summed E-state index contributed by atoms with van der Waals surface area (Å²) >= 11 is 0. The zero-order valence-corrected chi connectivity index (χ0v) is 12.7. The summed E-state index contributed by atoms with van der Waals surface area (Å²) in [6, 6.07) is 6.90. The fraction of sp³-hybridized carbons (Fsp3) is 0.438. The largest absolute Gasteiger partial charge is 0.369 e. The lowest BCUT2D eigenvalue weighted by molar-refractivity contribution is -0.120. The number of rotatable bonds is 5. The highest BCUT2D eigenvalue weighted by molar-refractivity contribution is 6.42. The molecule has 3 N–H and O–H groups in total. The van der Waals surface area contributed by atoms with Gasteiger partial charge in [-0.05, 0) is 19.8 Å². The number of piperidine rings is 1. The van der Waals surface area contributed by atoms with E-state index >= 15 is 0 Å². The highest BCUT2D eigenvalue weighted by Crippen LogP contribution is 2.11. The number of carbonyl (C=O) groups is 3. The molecule has 118 valence electrons. The molecule has 1 fully saturated rings. The van der Waals surface area contributed by atoms with Gasteiger partial charge in [0, 0.05) is 24.7 Å². The molecule has 1 aliphatic rings. The summed E-state index contributed by atoms with van der Waals surface area (Å²) in [5, 5.41) is 2.77. The minimum absolute atomic E-state index is 0.0361. The Bertz CT molecular complexity index is 561. The summed E-state index contributed by atoms with van der Waals surface area (Å²) in [6.45, 7) is 3.54. The smallest absolute Gasteiger partial charge is 0.292 e. The molecule has 1 aromatic carbocycles. The number of primary amides is 1. The average Bonchev–Trinajstić information content (AvgIpc) is 2.49. The predicted molar refractivity (Wildman–Crippen MR) is 82.3 cm³/mol. The fourth-order valence-electron chi connectivity index (χ4n) is 2.54. The molecule has 6 heteroatoms. The molecule has 2 rings (SSSR count). The molecular formula is C16H21N3O3. The molecular weight excluding hydrogens is 282 g/mol. The molecule has 6 nitrogen and oxygen atoms in total. The van der Waals surface area contributed by atoms with E-state index in [1.165, 1.54) is 0 Å². The van der Waals surface area contributed by atoms with Crippen LogP contribution in [0.5, 0.6) is 0 Å². The molecule has 1 aliphatic heterocycles. The number of nitrogens with zero attached hydrogens (tertiary/aromatic N) is 1. The van der Waals surface area contributed by atoms with Crippen molar-refractivity contribution in [2.45, 2.75) is 25.8 Å². The van der Waals surface area contributed by atoms with Gasteiger partial charge in [0.1, 0.15) is 0 Å². The summed E-state index contributed by atoms with van der Waals surface area (Å²) < 4.78 is 0. The van der Waals surface area contributed by atoms with Gasteiger partial charge in [-0.1, -0.05) is 29.8 Å². The number of hydrogen-bond acceptors (Lipinski definition) is 4. The highest BCUT2D eigenvalue weighted by Gasteiger charge is 2.24. The third kappa shape index (κ3) is 4.39. The minimum Gasteiger partial charge on any atom is -0.369 e. The van der Waals surface area contributed by atoms with Crippen LogP contribution < -0.4 is 11.1 Å². The van der Waals surface area contributed by atoms with E-state index in [2.05, 4.69) is 5.32 Å². The van der Waals surface area contributed by atoms with Gasteiger partial charge in [0.25, 0.3) is 5.91 Å². The maximum absolute atomic E-state index is 12.1. The van der Waals surface area contributed by atoms with E-state index in [1.54, 1.807) is 12.1 Å². The van der Waals surface area contributed by atoms with Crippen LogP contribution >= 0.6 is 0 Å². The Balaban J connectivity index is 1.84. The number of ketones is 1. The first-order chi connectivity index (χ1) is 10.5. The Kier molecular flexibility index (Phi) is 5.27. The highest BCUT2D eigenvalue weighted by atomic mass is 16.2. The van der Waals surface area contributed by atoms with Gasteiger partial charge in [0.2, 0.25) is 11.7 Å². The van der Waals surface area contributed by atoms with Crippen molar-refractivity contribution in [3.05, 3.63) is 35.4 Å². The number of Topliss-reactive ketones (excluding diaryl/α,β-unsaturated/α-hetero) is 1. The van der Waals surface area contributed by atoms with Crippen LogP contribution in [0.2, 0.25) is 0 Å². The van der Waals surface area contributed by atoms with Gasteiger partial charge in [-0.15, -0.1) is 0 Å². The molecule has 2 amide bonds. The SMILES string of the molecule is Cc1ccc(C(=O)C(=O)NC2CCN(CC(N)=O)CC2)cc1. The second kappa shape index (κ2) is 7.17. The normalized spacial score (nSPS) is 16.2. The summed E-state index contributed by atoms with van der Waals surface area (Å²) in [7, 11) is 0. The quantitative estimate of drug-likeness (QED) is 0.602. The second-order valence-electron chi connectivity index (χ2n) is 5.69. The van der Waals surface area contributed by atoms with Gasteiger partial charge in [-0.25, -0.2) is 0 Å². The molecule has 1 heterocycles. The molecule has 0 saturated carbocycles. The standard InChI is InChI=1S/C16H21N3O3/c1-11-2-4-12(5-3-11)15(21)16(22)18-13-6-8-19(9-7-13)10-14(17)20/h2-5,13H,6-10H2,1H3,(H2,17,20)(H,18,22). The van der Waals surface area contributed by atoms with Crippen molar-refractivity contribution in [2.75, 3.05) is 19.6 Å². The van der Waals surface area contributed by atoms with Gasteiger partial charge < -0.3 is 11.1 Å². The van der Waals surface area contributed by atoms with Crippen LogP contribution in [0.1, 0.15) is 28.8 Å². The van der Waals surface area contributed by atoms with E-state index in [4.69, 9.17) is 5.73 Å². The predicted octanol–water partition coefficient (Wildman–Crippen LogP) is 0.244. The van der Waals surface area contributed by atoms with Crippen LogP contribution in [0.3, 0.4) is 0 Å². The van der Waals surface area contributed by atoms with Crippen LogP contribution in [0.25, 0.3) is 0 Å². The van der Waals surface area contributed by atoms with Gasteiger partial charge in [-0.2, -0.15) is 0 Å². The lowest BCUT2D eigenvalue weighted by Gasteiger charge is -2.31. The Hall–Kier alpha value is -2.21. The number of amides is 2. The Morgan fingerprint density at radius 2 is 1.77 bits per heavy atom. The lowest BCUT2D eigenvalue weighted by atomic mass is 10.0. The summed E-state index contributed by atoms with van der Waals surface area (Å²) in [4.78, 5) is 36.9. The molecule has 0 bridgehead atoms. The van der Waals surface area contributed by atoms with Crippen LogP contribution in [0, 0.1) is 6.92 Å². The van der Waals surface area contributed by atoms with Crippen LogP contribution in [-0.4, -0.2) is 48.2 Å². The van der Waals surface area contributed by atoms with E-state index in [0.717, 1.165) is 5.56 Å². The molecule has 0 aliphatic carbocycles. The lowest BCUT2D eigenvalue weighted by Crippen LogP contribution is -2.48. The number of likely N-dealkylation sites (tertiary alicyclic amines) is 1. The molecule has 22 heavy (non-hydrogen) atoms. The van der Waals surface area contributed by atoms with Crippen molar-refractivity contribution in [3.8, 4) is 0 Å². The van der Waals surface area contributed by atoms with Crippen molar-refractivity contribution in [1.29, 1.82) is 0 Å². The van der Waals surface area contributed by atoms with Gasteiger partial charge in [0.15, 0.2) is 0 Å². The molecule has 1 aromatic rings. The van der Waals surface area contributed by atoms with Gasteiger partial charge in [-0.3, -0.25) is 19.3 Å². The number of aryl methyl sites for hydroxylation is 1. The number of benzene rings is 1. The monoisotopic (exact) mass is 303 g/mol. The van der Waals surface area contributed by atoms with Crippen molar-refractivity contribution in [1.82, 2.24) is 10.2 Å². The van der Waals surface area contributed by atoms with E-state index in [1.807, 2.05) is 24.0 Å². The third-order valence-corrected chi connectivity index (χ3v) is 3.82. The number of hydrogen-bond donors (Lipinski definition) is 2. The Morgan fingerprint density at radius 1 is 1.18 bits per heavy atom. The number of nitrogens with two attached hydrogens (primary N) is 1. The average molecular weight is 303 g/mol. The van der Waals surface area contributed by atoms with Crippen molar-refractivity contribution in [3.63, 3.8) is 0 Å². The first-order valence-electron chi connectivity index (χ1n) is 7.38. The van der Waals surface area contributed by atoms with Crippen molar-refractivity contribution < 1.29 is 14.4 Å². The Labute approximate surface area is 129 Å². The fourth-order valence-corrected chi connectivity index (χ4v) is 2.54. The number of nitrogens with one attached hydrogen (secondary N) is 1. The zero-order valence-electron chi connectivity index (χ0n) is 12.7. The first kappa shape index (κ1) is 16.2. The van der Waals surface area contributed by atoms with Crippen LogP contribution in [-0.2, 0) is 9.59 Å². The molecule has 0 aromatic heterocycles. The van der Waals surface area contributed by atoms with Crippen molar-refractivity contribution >= 4 is 17.6 Å². The summed E-state index contributed by atoms with van der Waals surface area (Å²) in [6.07, 6.45) is 1.42. The zero-order chi connectivity index (χ0) is 16.1. The topological polar surface area (TPSA) is 92.5 Å². The molecule has 0 unspecified atom stereocenters. The second-order valence-corrected chi connectivity index (χ2v) is 5.69. The maximum Gasteiger partial charge on any atom is 0.292 e. The first-order valence-corrected chi connectivity index (χ1v) is 7.38. The molecule has 0 atom stereocenters. The Morgan fingerprint density at radius 3 is 2.32 bits per heavy atom. The molecule has 0 radical (unpaired) electrons. The van der Waals surface area contributed by atoms with Gasteiger partial charge in [0.05, 0.1) is 6.54 Å². The third-order valence-electron chi connectivity index (χ3n) is 3.82. The van der Waals surface area contributed by atoms with E-state index in [9.17, 15) is 14.4 Å². The minimum atomic E-state index is -0.572. The van der Waals surface area contributed by atoms with E-state index < -0.39 is 11.7 Å². The van der Waals surface area contributed by atoms with E-state index in [-0.39, 0.29) is 18.5 Å². The van der Waals surface area contributed by atoms with Crippen LogP contribution in [0.15, 0.2) is 24.3 Å².